The molecule has 0 unspecified atom stereocenters. The van der Waals surface area contributed by atoms with E-state index in [1.54, 1.807) is 54.6 Å². The highest BCUT2D eigenvalue weighted by atomic mass is 32.2. The minimum atomic E-state index is -3.91. The van der Waals surface area contributed by atoms with Crippen LogP contribution in [-0.2, 0) is 16.6 Å². The Labute approximate surface area is 248 Å². The van der Waals surface area contributed by atoms with Crippen LogP contribution in [0.15, 0.2) is 108 Å². The number of rotatable bonds is 11. The van der Waals surface area contributed by atoms with Crippen molar-refractivity contribution in [3.8, 4) is 17.2 Å². The van der Waals surface area contributed by atoms with Gasteiger partial charge in [0.2, 0.25) is 0 Å². The molecule has 1 aliphatic heterocycles. The molecular formula is C34H38N2O5S. The van der Waals surface area contributed by atoms with Gasteiger partial charge in [-0.2, -0.15) is 0 Å². The number of nitrogens with zero attached hydrogens (tertiary/aromatic N) is 1. The van der Waals surface area contributed by atoms with Crippen molar-refractivity contribution in [2.45, 2.75) is 62.8 Å². The number of para-hydroxylation sites is 1. The third-order valence-electron chi connectivity index (χ3n) is 7.47. The Morgan fingerprint density at radius 2 is 1.55 bits per heavy atom. The highest BCUT2D eigenvalue weighted by molar-refractivity contribution is 7.92. The standard InChI is InChI=1S/C34H38N2O5S/c1-4-5-22-35-32-30-23-25(16-21-31(30)41-34(2,3)33(32)37)24-36(42(38,39)29-14-10-7-11-15-29)26-17-19-28(20-18-26)40-27-12-8-6-9-13-27/h6-21,23,32-33,35,37H,4-5,22,24H2,1-3H3/t32-,33+/m0/s1. The van der Waals surface area contributed by atoms with Crippen molar-refractivity contribution in [1.82, 2.24) is 5.32 Å². The molecule has 220 valence electrons. The fourth-order valence-corrected chi connectivity index (χ4v) is 6.58. The van der Waals surface area contributed by atoms with Crippen molar-refractivity contribution in [1.29, 1.82) is 0 Å². The van der Waals surface area contributed by atoms with Gasteiger partial charge in [0.15, 0.2) is 0 Å². The van der Waals surface area contributed by atoms with E-state index in [9.17, 15) is 13.5 Å². The van der Waals surface area contributed by atoms with E-state index >= 15 is 0 Å². The zero-order valence-electron chi connectivity index (χ0n) is 24.2. The summed E-state index contributed by atoms with van der Waals surface area (Å²) in [5, 5.41) is 14.7. The molecule has 0 radical (unpaired) electrons. The fraction of sp³-hybridized carbons (Fsp3) is 0.294. The number of nitrogens with one attached hydrogen (secondary N) is 1. The minimum absolute atomic E-state index is 0.0879. The maximum absolute atomic E-state index is 14.0. The molecule has 4 aromatic rings. The lowest BCUT2D eigenvalue weighted by molar-refractivity contribution is -0.0645. The molecule has 0 aromatic heterocycles. The van der Waals surface area contributed by atoms with Crippen LogP contribution in [0.3, 0.4) is 0 Å². The average molecular weight is 587 g/mol. The molecule has 4 aromatic carbocycles. The first-order chi connectivity index (χ1) is 20.2. The van der Waals surface area contributed by atoms with Crippen LogP contribution in [0.5, 0.6) is 17.2 Å². The number of unbranched alkanes of at least 4 members (excludes halogenated alkanes) is 1. The Kier molecular flexibility index (Phi) is 8.87. The summed E-state index contributed by atoms with van der Waals surface area (Å²) < 4.78 is 41.5. The Hall–Kier alpha value is -3.85. The number of aliphatic hydroxyl groups excluding tert-OH is 1. The summed E-state index contributed by atoms with van der Waals surface area (Å²) in [7, 11) is -3.91. The van der Waals surface area contributed by atoms with Crippen LogP contribution in [0, 0.1) is 0 Å². The average Bonchev–Trinajstić information content (AvgIpc) is 2.99. The van der Waals surface area contributed by atoms with Gasteiger partial charge in [-0.15, -0.1) is 0 Å². The normalized spacial score (nSPS) is 17.6. The van der Waals surface area contributed by atoms with E-state index in [2.05, 4.69) is 12.2 Å². The number of fused-ring (bicyclic) bond motifs is 1. The third-order valence-corrected chi connectivity index (χ3v) is 9.25. The Bertz CT molecular complexity index is 1580. The number of benzene rings is 4. The molecule has 0 amide bonds. The van der Waals surface area contributed by atoms with Crippen molar-refractivity contribution >= 4 is 15.7 Å². The molecule has 2 atom stereocenters. The molecule has 0 saturated heterocycles. The van der Waals surface area contributed by atoms with Gasteiger partial charge in [0, 0.05) is 5.56 Å². The van der Waals surface area contributed by atoms with Crippen LogP contribution < -0.4 is 19.1 Å². The van der Waals surface area contributed by atoms with Gasteiger partial charge in [-0.25, -0.2) is 8.42 Å². The Balaban J connectivity index is 1.49. The predicted octanol–water partition coefficient (Wildman–Crippen LogP) is 6.84. The van der Waals surface area contributed by atoms with Gasteiger partial charge in [-0.05, 0) is 93.0 Å². The SMILES string of the molecule is CCCCN[C@H]1c2cc(CN(c3ccc(Oc4ccccc4)cc3)S(=O)(=O)c3ccccc3)ccc2OC(C)(C)[C@@H]1O. The Morgan fingerprint density at radius 1 is 0.905 bits per heavy atom. The molecule has 42 heavy (non-hydrogen) atoms. The molecule has 0 spiro atoms. The number of hydrogen-bond acceptors (Lipinski definition) is 6. The van der Waals surface area contributed by atoms with Crippen molar-refractivity contribution in [3.63, 3.8) is 0 Å². The van der Waals surface area contributed by atoms with Gasteiger partial charge in [0.25, 0.3) is 10.0 Å². The topological polar surface area (TPSA) is 88.1 Å². The summed E-state index contributed by atoms with van der Waals surface area (Å²) >= 11 is 0. The second-order valence-electron chi connectivity index (χ2n) is 11.0. The highest BCUT2D eigenvalue weighted by Gasteiger charge is 2.42. The first kappa shape index (κ1) is 29.6. The molecule has 7 nitrogen and oxygen atoms in total. The van der Waals surface area contributed by atoms with Gasteiger partial charge < -0.3 is 19.9 Å². The van der Waals surface area contributed by atoms with Gasteiger partial charge in [0.1, 0.15) is 29.0 Å². The van der Waals surface area contributed by atoms with Crippen LogP contribution >= 0.6 is 0 Å². The van der Waals surface area contributed by atoms with E-state index in [1.807, 2.05) is 62.4 Å². The zero-order chi connectivity index (χ0) is 29.7. The Morgan fingerprint density at radius 3 is 2.21 bits per heavy atom. The summed E-state index contributed by atoms with van der Waals surface area (Å²) in [6.45, 7) is 6.72. The van der Waals surface area contributed by atoms with Crippen LogP contribution in [0.25, 0.3) is 0 Å². The maximum atomic E-state index is 14.0. The van der Waals surface area contributed by atoms with E-state index in [0.717, 1.165) is 30.5 Å². The second-order valence-corrected chi connectivity index (χ2v) is 12.9. The summed E-state index contributed by atoms with van der Waals surface area (Å²) in [5.41, 5.74) is 1.33. The van der Waals surface area contributed by atoms with Crippen molar-refractivity contribution in [2.75, 3.05) is 10.8 Å². The van der Waals surface area contributed by atoms with E-state index in [1.165, 1.54) is 4.31 Å². The first-order valence-corrected chi connectivity index (χ1v) is 15.8. The van der Waals surface area contributed by atoms with Gasteiger partial charge in [-0.3, -0.25) is 4.31 Å². The summed E-state index contributed by atoms with van der Waals surface area (Å²) in [6.07, 6.45) is 1.23. The van der Waals surface area contributed by atoms with E-state index in [0.29, 0.717) is 22.9 Å². The molecule has 0 aliphatic carbocycles. The van der Waals surface area contributed by atoms with E-state index in [4.69, 9.17) is 9.47 Å². The van der Waals surface area contributed by atoms with Crippen molar-refractivity contribution in [2.24, 2.45) is 0 Å². The molecule has 8 heteroatoms. The fourth-order valence-electron chi connectivity index (χ4n) is 5.11. The number of sulfonamides is 1. The van der Waals surface area contributed by atoms with Crippen molar-refractivity contribution < 1.29 is 23.0 Å². The molecule has 1 heterocycles. The molecule has 0 fully saturated rings. The third kappa shape index (κ3) is 6.46. The van der Waals surface area contributed by atoms with Crippen LogP contribution in [-0.4, -0.2) is 31.8 Å². The largest absolute Gasteiger partial charge is 0.485 e. The summed E-state index contributed by atoms with van der Waals surface area (Å²) in [5.74, 6) is 1.98. The number of aliphatic hydroxyl groups is 1. The summed E-state index contributed by atoms with van der Waals surface area (Å²) in [6, 6.07) is 30.2. The first-order valence-electron chi connectivity index (χ1n) is 14.3. The monoisotopic (exact) mass is 586 g/mol. The number of ether oxygens (including phenoxy) is 2. The molecule has 0 bridgehead atoms. The van der Waals surface area contributed by atoms with Gasteiger partial charge in [-0.1, -0.05) is 55.8 Å². The van der Waals surface area contributed by atoms with Crippen LogP contribution in [0.4, 0.5) is 5.69 Å². The number of hydrogen-bond donors (Lipinski definition) is 2. The highest BCUT2D eigenvalue weighted by Crippen LogP contribution is 2.41. The molecule has 1 aliphatic rings. The molecule has 5 rings (SSSR count). The van der Waals surface area contributed by atoms with Crippen LogP contribution in [0.2, 0.25) is 0 Å². The summed E-state index contributed by atoms with van der Waals surface area (Å²) in [4.78, 5) is 0.201. The molecular weight excluding hydrogens is 548 g/mol. The smallest absolute Gasteiger partial charge is 0.264 e. The molecule has 0 saturated carbocycles. The van der Waals surface area contributed by atoms with Gasteiger partial charge in [0.05, 0.1) is 23.2 Å². The van der Waals surface area contributed by atoms with E-state index in [-0.39, 0.29) is 17.5 Å². The lowest BCUT2D eigenvalue weighted by Crippen LogP contribution is -2.52. The van der Waals surface area contributed by atoms with Gasteiger partial charge >= 0.3 is 0 Å². The molecule has 2 N–H and O–H groups in total. The number of anilines is 1. The zero-order valence-corrected chi connectivity index (χ0v) is 25.1. The maximum Gasteiger partial charge on any atom is 0.264 e. The van der Waals surface area contributed by atoms with E-state index < -0.39 is 21.7 Å². The van der Waals surface area contributed by atoms with Crippen LogP contribution in [0.1, 0.15) is 50.8 Å². The minimum Gasteiger partial charge on any atom is -0.485 e. The lowest BCUT2D eigenvalue weighted by atomic mass is 9.85. The van der Waals surface area contributed by atoms with Crippen molar-refractivity contribution in [3.05, 3.63) is 114 Å². The second kappa shape index (κ2) is 12.6. The predicted molar refractivity (Wildman–Crippen MR) is 166 cm³/mol. The quantitative estimate of drug-likeness (QED) is 0.187. The lowest BCUT2D eigenvalue weighted by Gasteiger charge is -2.42.